The Labute approximate surface area is 131 Å². The summed E-state index contributed by atoms with van der Waals surface area (Å²) in [5, 5.41) is 2.91. The van der Waals surface area contributed by atoms with Gasteiger partial charge >= 0.3 is 0 Å². The number of hydrogen-bond donors (Lipinski definition) is 2. The maximum absolute atomic E-state index is 12.0. The molecule has 0 atom stereocenters. The van der Waals surface area contributed by atoms with Gasteiger partial charge in [-0.1, -0.05) is 18.2 Å². The predicted octanol–water partition coefficient (Wildman–Crippen LogP) is 2.30. The number of carbonyl (C=O) groups excluding carboxylic acids is 1. The third kappa shape index (κ3) is 3.89. The van der Waals surface area contributed by atoms with Gasteiger partial charge in [-0.2, -0.15) is 0 Å². The van der Waals surface area contributed by atoms with Crippen molar-refractivity contribution in [3.63, 3.8) is 0 Å². The molecule has 0 saturated heterocycles. The van der Waals surface area contributed by atoms with Gasteiger partial charge in [0.05, 0.1) is 12.1 Å². The molecule has 1 aromatic heterocycles. The summed E-state index contributed by atoms with van der Waals surface area (Å²) in [7, 11) is 0. The van der Waals surface area contributed by atoms with Gasteiger partial charge in [0.25, 0.3) is 5.91 Å². The van der Waals surface area contributed by atoms with E-state index < -0.39 is 0 Å². The van der Waals surface area contributed by atoms with Gasteiger partial charge in [0.1, 0.15) is 12.0 Å². The quantitative estimate of drug-likeness (QED) is 0.823. The topological polar surface area (TPSA) is 71.5 Å². The van der Waals surface area contributed by atoms with Crippen molar-refractivity contribution >= 4 is 11.6 Å². The van der Waals surface area contributed by atoms with E-state index in [2.05, 4.69) is 36.2 Å². The van der Waals surface area contributed by atoms with Gasteiger partial charge < -0.3 is 20.4 Å². The molecule has 0 unspecified atom stereocenters. The molecular weight excluding hydrogens is 278 g/mol. The van der Waals surface area contributed by atoms with Crippen LogP contribution in [0.3, 0.4) is 0 Å². The minimum absolute atomic E-state index is 0.135. The number of nitrogens with one attached hydrogen (secondary N) is 1. The number of hydrogen-bond acceptors (Lipinski definition) is 4. The van der Waals surface area contributed by atoms with Gasteiger partial charge in [0.15, 0.2) is 0 Å². The van der Waals surface area contributed by atoms with Crippen LogP contribution in [-0.4, -0.2) is 25.5 Å². The molecule has 0 aliphatic rings. The van der Waals surface area contributed by atoms with Crippen molar-refractivity contribution in [1.82, 2.24) is 5.32 Å². The first-order valence-corrected chi connectivity index (χ1v) is 7.52. The Morgan fingerprint density at radius 3 is 2.77 bits per heavy atom. The predicted molar refractivity (Wildman–Crippen MR) is 88.0 cm³/mol. The standard InChI is InChI=1S/C17H23N3O2/c1-3-20(16-7-5-4-6-13(16)2)9-8-19-17(21)14-10-15(11-18)22-12-14/h4-7,10,12H,3,8-9,11,18H2,1-2H3,(H,19,21). The van der Waals surface area contributed by atoms with Gasteiger partial charge in [0.2, 0.25) is 0 Å². The number of nitrogens with two attached hydrogens (primary N) is 1. The number of rotatable bonds is 7. The lowest BCUT2D eigenvalue weighted by Gasteiger charge is -2.25. The number of para-hydroxylation sites is 1. The summed E-state index contributed by atoms with van der Waals surface area (Å²) in [5.41, 5.74) is 8.42. The lowest BCUT2D eigenvalue weighted by atomic mass is 10.2. The van der Waals surface area contributed by atoms with E-state index in [0.717, 1.165) is 13.1 Å². The van der Waals surface area contributed by atoms with E-state index in [-0.39, 0.29) is 5.91 Å². The number of nitrogens with zero attached hydrogens (tertiary/aromatic N) is 1. The molecule has 0 spiro atoms. The molecule has 5 nitrogen and oxygen atoms in total. The average molecular weight is 301 g/mol. The second-order valence-corrected chi connectivity index (χ2v) is 5.13. The van der Waals surface area contributed by atoms with E-state index in [0.29, 0.717) is 24.4 Å². The zero-order valence-corrected chi connectivity index (χ0v) is 13.1. The molecule has 0 aliphatic heterocycles. The summed E-state index contributed by atoms with van der Waals surface area (Å²) in [6.45, 7) is 6.72. The Hall–Kier alpha value is -2.27. The fraction of sp³-hybridized carbons (Fsp3) is 0.353. The van der Waals surface area contributed by atoms with E-state index in [9.17, 15) is 4.79 Å². The zero-order chi connectivity index (χ0) is 15.9. The summed E-state index contributed by atoms with van der Waals surface area (Å²) >= 11 is 0. The maximum Gasteiger partial charge on any atom is 0.254 e. The van der Waals surface area contributed by atoms with Gasteiger partial charge in [-0.05, 0) is 31.5 Å². The Bertz CT molecular complexity index is 622. The molecule has 0 saturated carbocycles. The van der Waals surface area contributed by atoms with Crippen LogP contribution in [0, 0.1) is 6.92 Å². The molecule has 0 fully saturated rings. The fourth-order valence-corrected chi connectivity index (χ4v) is 2.38. The third-order valence-corrected chi connectivity index (χ3v) is 3.62. The smallest absolute Gasteiger partial charge is 0.254 e. The molecular formula is C17H23N3O2. The minimum Gasteiger partial charge on any atom is -0.467 e. The van der Waals surface area contributed by atoms with Crippen molar-refractivity contribution in [1.29, 1.82) is 0 Å². The summed E-state index contributed by atoms with van der Waals surface area (Å²) in [5.74, 6) is 0.476. The zero-order valence-electron chi connectivity index (χ0n) is 13.1. The number of carbonyl (C=O) groups is 1. The molecule has 0 aliphatic carbocycles. The number of amides is 1. The monoisotopic (exact) mass is 301 g/mol. The van der Waals surface area contributed by atoms with Gasteiger partial charge in [-0.15, -0.1) is 0 Å². The summed E-state index contributed by atoms with van der Waals surface area (Å²) in [6.07, 6.45) is 1.44. The van der Waals surface area contributed by atoms with Crippen LogP contribution in [0.2, 0.25) is 0 Å². The van der Waals surface area contributed by atoms with E-state index in [1.165, 1.54) is 17.5 Å². The molecule has 1 aromatic carbocycles. The molecule has 3 N–H and O–H groups in total. The molecule has 0 bridgehead atoms. The molecule has 1 amide bonds. The lowest BCUT2D eigenvalue weighted by Crippen LogP contribution is -2.35. The van der Waals surface area contributed by atoms with E-state index in [4.69, 9.17) is 10.2 Å². The first-order chi connectivity index (χ1) is 10.7. The Morgan fingerprint density at radius 2 is 2.14 bits per heavy atom. The van der Waals surface area contributed by atoms with Crippen molar-refractivity contribution < 1.29 is 9.21 Å². The highest BCUT2D eigenvalue weighted by Crippen LogP contribution is 2.18. The first kappa shape index (κ1) is 16.1. The molecule has 22 heavy (non-hydrogen) atoms. The van der Waals surface area contributed by atoms with E-state index in [1.807, 2.05) is 12.1 Å². The lowest BCUT2D eigenvalue weighted by molar-refractivity contribution is 0.0954. The highest BCUT2D eigenvalue weighted by Gasteiger charge is 2.11. The van der Waals surface area contributed by atoms with Crippen molar-refractivity contribution in [3.8, 4) is 0 Å². The van der Waals surface area contributed by atoms with E-state index >= 15 is 0 Å². The molecule has 2 rings (SSSR count). The SMILES string of the molecule is CCN(CCNC(=O)c1coc(CN)c1)c1ccccc1C. The Kier molecular flexibility index (Phi) is 5.61. The van der Waals surface area contributed by atoms with Gasteiger partial charge in [-0.25, -0.2) is 0 Å². The van der Waals surface area contributed by atoms with Crippen LogP contribution in [-0.2, 0) is 6.54 Å². The van der Waals surface area contributed by atoms with Gasteiger partial charge in [0, 0.05) is 25.3 Å². The molecule has 5 heteroatoms. The van der Waals surface area contributed by atoms with E-state index in [1.54, 1.807) is 6.07 Å². The molecule has 118 valence electrons. The normalized spacial score (nSPS) is 10.5. The minimum atomic E-state index is -0.135. The van der Waals surface area contributed by atoms with Crippen LogP contribution in [0.25, 0.3) is 0 Å². The number of aryl methyl sites for hydroxylation is 1. The van der Waals surface area contributed by atoms with Crippen molar-refractivity contribution in [2.75, 3.05) is 24.5 Å². The van der Waals surface area contributed by atoms with Crippen LogP contribution in [0.1, 0.15) is 28.6 Å². The first-order valence-electron chi connectivity index (χ1n) is 7.52. The van der Waals surface area contributed by atoms with Crippen LogP contribution < -0.4 is 16.0 Å². The van der Waals surface area contributed by atoms with Crippen LogP contribution in [0.5, 0.6) is 0 Å². The maximum atomic E-state index is 12.0. The van der Waals surface area contributed by atoms with Crippen LogP contribution >= 0.6 is 0 Å². The average Bonchev–Trinajstić information content (AvgIpc) is 3.01. The van der Waals surface area contributed by atoms with Crippen LogP contribution in [0.15, 0.2) is 41.0 Å². The summed E-state index contributed by atoms with van der Waals surface area (Å²) in [4.78, 5) is 14.3. The fourth-order valence-electron chi connectivity index (χ4n) is 2.38. The largest absolute Gasteiger partial charge is 0.467 e. The number of likely N-dealkylation sites (N-methyl/N-ethyl adjacent to an activating group) is 1. The van der Waals surface area contributed by atoms with Crippen molar-refractivity contribution in [2.24, 2.45) is 5.73 Å². The van der Waals surface area contributed by atoms with Crippen LogP contribution in [0.4, 0.5) is 5.69 Å². The number of anilines is 1. The number of benzene rings is 1. The van der Waals surface area contributed by atoms with Crippen molar-refractivity contribution in [2.45, 2.75) is 20.4 Å². The Balaban J connectivity index is 1.89. The second-order valence-electron chi connectivity index (χ2n) is 5.13. The molecule has 1 heterocycles. The van der Waals surface area contributed by atoms with Crippen molar-refractivity contribution in [3.05, 3.63) is 53.5 Å². The highest BCUT2D eigenvalue weighted by molar-refractivity contribution is 5.93. The summed E-state index contributed by atoms with van der Waals surface area (Å²) < 4.78 is 5.17. The third-order valence-electron chi connectivity index (χ3n) is 3.62. The van der Waals surface area contributed by atoms with Gasteiger partial charge in [-0.3, -0.25) is 4.79 Å². The highest BCUT2D eigenvalue weighted by atomic mass is 16.3. The Morgan fingerprint density at radius 1 is 1.36 bits per heavy atom. The summed E-state index contributed by atoms with van der Waals surface area (Å²) in [6, 6.07) is 9.93. The molecule has 2 aromatic rings. The molecule has 0 radical (unpaired) electrons. The number of furan rings is 1. The second kappa shape index (κ2) is 7.66.